The Balaban J connectivity index is 2.44. The van der Waals surface area contributed by atoms with E-state index in [1.54, 1.807) is 0 Å². The molecule has 0 saturated carbocycles. The third-order valence-electron chi connectivity index (χ3n) is 1.16. The zero-order valence-electron chi connectivity index (χ0n) is 6.37. The van der Waals surface area contributed by atoms with Gasteiger partial charge < -0.3 is 9.84 Å². The van der Waals surface area contributed by atoms with E-state index in [1.165, 1.54) is 0 Å². The SMILES string of the molecule is CCOCc1nc(CO)n[nH]1. The molecule has 1 heterocycles. The summed E-state index contributed by atoms with van der Waals surface area (Å²) >= 11 is 0. The second kappa shape index (κ2) is 4.05. The van der Waals surface area contributed by atoms with Gasteiger partial charge in [-0.3, -0.25) is 5.10 Å². The van der Waals surface area contributed by atoms with Gasteiger partial charge in [0.1, 0.15) is 13.2 Å². The van der Waals surface area contributed by atoms with E-state index in [4.69, 9.17) is 9.84 Å². The second-order valence-electron chi connectivity index (χ2n) is 1.99. The lowest BCUT2D eigenvalue weighted by Crippen LogP contribution is -1.94. The van der Waals surface area contributed by atoms with Crippen LogP contribution < -0.4 is 0 Å². The minimum absolute atomic E-state index is 0.136. The average Bonchev–Trinajstić information content (AvgIpc) is 2.48. The largest absolute Gasteiger partial charge is 0.388 e. The van der Waals surface area contributed by atoms with Crippen molar-refractivity contribution < 1.29 is 9.84 Å². The van der Waals surface area contributed by atoms with Crippen molar-refractivity contribution in [3.05, 3.63) is 11.6 Å². The number of hydrogen-bond acceptors (Lipinski definition) is 4. The van der Waals surface area contributed by atoms with Crippen LogP contribution in [0.25, 0.3) is 0 Å². The number of H-pyrrole nitrogens is 1. The number of nitrogens with one attached hydrogen (secondary N) is 1. The minimum Gasteiger partial charge on any atom is -0.388 e. The summed E-state index contributed by atoms with van der Waals surface area (Å²) < 4.78 is 5.06. The third kappa shape index (κ3) is 2.28. The first kappa shape index (κ1) is 8.16. The first-order valence-electron chi connectivity index (χ1n) is 3.45. The number of ether oxygens (including phenoxy) is 1. The number of aromatic amines is 1. The number of aliphatic hydroxyl groups excluding tert-OH is 1. The lowest BCUT2D eigenvalue weighted by molar-refractivity contribution is 0.128. The van der Waals surface area contributed by atoms with E-state index < -0.39 is 0 Å². The molecule has 5 nitrogen and oxygen atoms in total. The molecule has 0 radical (unpaired) electrons. The quantitative estimate of drug-likeness (QED) is 0.636. The Bertz CT molecular complexity index is 211. The van der Waals surface area contributed by atoms with Crippen LogP contribution in [0.4, 0.5) is 0 Å². The Morgan fingerprint density at radius 1 is 1.64 bits per heavy atom. The molecule has 0 aliphatic carbocycles. The molecule has 0 saturated heterocycles. The van der Waals surface area contributed by atoms with Crippen LogP contribution in [0.3, 0.4) is 0 Å². The summed E-state index contributed by atoms with van der Waals surface area (Å²) in [5.41, 5.74) is 0. The molecule has 0 amide bonds. The Hall–Kier alpha value is -0.940. The smallest absolute Gasteiger partial charge is 0.176 e. The van der Waals surface area contributed by atoms with E-state index in [1.807, 2.05) is 6.92 Å². The molecule has 0 unspecified atom stereocenters. The van der Waals surface area contributed by atoms with Gasteiger partial charge in [0.25, 0.3) is 0 Å². The monoisotopic (exact) mass is 157 g/mol. The first-order valence-corrected chi connectivity index (χ1v) is 3.45. The molecule has 0 aliphatic rings. The summed E-state index contributed by atoms with van der Waals surface area (Å²) in [5, 5.41) is 15.0. The van der Waals surface area contributed by atoms with E-state index in [-0.39, 0.29) is 6.61 Å². The fraction of sp³-hybridized carbons (Fsp3) is 0.667. The van der Waals surface area contributed by atoms with Gasteiger partial charge in [-0.2, -0.15) is 5.10 Å². The summed E-state index contributed by atoms with van der Waals surface area (Å²) in [6.45, 7) is 2.84. The molecule has 2 N–H and O–H groups in total. The van der Waals surface area contributed by atoms with Gasteiger partial charge in [-0.15, -0.1) is 0 Å². The molecule has 1 aromatic rings. The van der Waals surface area contributed by atoms with Gasteiger partial charge >= 0.3 is 0 Å². The van der Waals surface area contributed by atoms with Crippen LogP contribution >= 0.6 is 0 Å². The van der Waals surface area contributed by atoms with Gasteiger partial charge in [-0.05, 0) is 6.92 Å². The average molecular weight is 157 g/mol. The number of rotatable bonds is 4. The second-order valence-corrected chi connectivity index (χ2v) is 1.99. The van der Waals surface area contributed by atoms with Gasteiger partial charge in [-0.25, -0.2) is 4.98 Å². The van der Waals surface area contributed by atoms with Gasteiger partial charge in [0.15, 0.2) is 11.6 Å². The lowest BCUT2D eigenvalue weighted by atomic mass is 10.6. The van der Waals surface area contributed by atoms with Gasteiger partial charge in [0.05, 0.1) is 0 Å². The van der Waals surface area contributed by atoms with Crippen LogP contribution in [0.5, 0.6) is 0 Å². The highest BCUT2D eigenvalue weighted by Gasteiger charge is 1.99. The molecular formula is C6H11N3O2. The molecular weight excluding hydrogens is 146 g/mol. The summed E-state index contributed by atoms with van der Waals surface area (Å²) in [5.74, 6) is 1.05. The first-order chi connectivity index (χ1) is 5.36. The summed E-state index contributed by atoms with van der Waals surface area (Å²) in [6.07, 6.45) is 0. The van der Waals surface area contributed by atoms with Crippen molar-refractivity contribution in [2.75, 3.05) is 6.61 Å². The van der Waals surface area contributed by atoms with Crippen molar-refractivity contribution in [2.45, 2.75) is 20.1 Å². The maximum absolute atomic E-state index is 8.59. The van der Waals surface area contributed by atoms with Gasteiger partial charge in [0.2, 0.25) is 0 Å². The molecule has 0 aromatic carbocycles. The fourth-order valence-electron chi connectivity index (χ4n) is 0.669. The standard InChI is InChI=1S/C6H11N3O2/c1-2-11-4-6-7-5(3-10)8-9-6/h10H,2-4H2,1H3,(H,7,8,9). The van der Waals surface area contributed by atoms with Gasteiger partial charge in [-0.1, -0.05) is 0 Å². The molecule has 11 heavy (non-hydrogen) atoms. The van der Waals surface area contributed by atoms with Gasteiger partial charge in [0, 0.05) is 6.61 Å². The Morgan fingerprint density at radius 3 is 3.00 bits per heavy atom. The Labute approximate surface area is 64.4 Å². The van der Waals surface area contributed by atoms with Crippen molar-refractivity contribution in [3.8, 4) is 0 Å². The maximum atomic E-state index is 8.59. The van der Waals surface area contributed by atoms with Crippen molar-refractivity contribution >= 4 is 0 Å². The molecule has 1 aromatic heterocycles. The zero-order valence-corrected chi connectivity index (χ0v) is 6.37. The molecule has 0 bridgehead atoms. The highest BCUT2D eigenvalue weighted by molar-refractivity contribution is 4.86. The summed E-state index contributed by atoms with van der Waals surface area (Å²) in [6, 6.07) is 0. The molecule has 0 aliphatic heterocycles. The number of aliphatic hydroxyl groups is 1. The molecule has 62 valence electrons. The summed E-state index contributed by atoms with van der Waals surface area (Å²) in [4.78, 5) is 3.92. The molecule has 5 heteroatoms. The van der Waals surface area contributed by atoms with Crippen LogP contribution in [0.1, 0.15) is 18.6 Å². The normalized spacial score (nSPS) is 10.4. The van der Waals surface area contributed by atoms with Crippen LogP contribution in [0, 0.1) is 0 Å². The van der Waals surface area contributed by atoms with E-state index in [0.29, 0.717) is 24.9 Å². The third-order valence-corrected chi connectivity index (χ3v) is 1.16. The minimum atomic E-state index is -0.136. The molecule has 0 spiro atoms. The van der Waals surface area contributed by atoms with Crippen LogP contribution in [-0.4, -0.2) is 26.9 Å². The van der Waals surface area contributed by atoms with E-state index in [2.05, 4.69) is 15.2 Å². The van der Waals surface area contributed by atoms with Crippen molar-refractivity contribution in [2.24, 2.45) is 0 Å². The lowest BCUT2D eigenvalue weighted by Gasteiger charge is -1.93. The van der Waals surface area contributed by atoms with Crippen LogP contribution in [-0.2, 0) is 18.0 Å². The van der Waals surface area contributed by atoms with Crippen LogP contribution in [0.15, 0.2) is 0 Å². The topological polar surface area (TPSA) is 71.0 Å². The predicted molar refractivity (Wildman–Crippen MR) is 37.6 cm³/mol. The number of hydrogen-bond donors (Lipinski definition) is 2. The predicted octanol–water partition coefficient (Wildman–Crippen LogP) is -0.166. The van der Waals surface area contributed by atoms with E-state index in [9.17, 15) is 0 Å². The van der Waals surface area contributed by atoms with E-state index in [0.717, 1.165) is 0 Å². The van der Waals surface area contributed by atoms with Crippen molar-refractivity contribution in [1.82, 2.24) is 15.2 Å². The van der Waals surface area contributed by atoms with Crippen molar-refractivity contribution in [1.29, 1.82) is 0 Å². The highest BCUT2D eigenvalue weighted by atomic mass is 16.5. The summed E-state index contributed by atoms with van der Waals surface area (Å²) in [7, 11) is 0. The molecule has 1 rings (SSSR count). The number of aromatic nitrogens is 3. The van der Waals surface area contributed by atoms with Crippen molar-refractivity contribution in [3.63, 3.8) is 0 Å². The Kier molecular flexibility index (Phi) is 3.00. The highest BCUT2D eigenvalue weighted by Crippen LogP contribution is 1.93. The fourth-order valence-corrected chi connectivity index (χ4v) is 0.669. The van der Waals surface area contributed by atoms with Crippen LogP contribution in [0.2, 0.25) is 0 Å². The molecule has 0 fully saturated rings. The Morgan fingerprint density at radius 2 is 2.45 bits per heavy atom. The maximum Gasteiger partial charge on any atom is 0.176 e. The number of nitrogens with zero attached hydrogens (tertiary/aromatic N) is 2. The van der Waals surface area contributed by atoms with E-state index >= 15 is 0 Å². The zero-order chi connectivity index (χ0) is 8.10. The molecule has 0 atom stereocenters.